The fraction of sp³-hybridized carbons (Fsp3) is 0.467. The van der Waals surface area contributed by atoms with Crippen LogP contribution in [0.5, 0.6) is 0 Å². The highest BCUT2D eigenvalue weighted by atomic mass is 16.4. The lowest BCUT2D eigenvalue weighted by atomic mass is 10.0. The number of carbonyl (C=O) groups is 2. The molecule has 1 aliphatic heterocycles. The van der Waals surface area contributed by atoms with Gasteiger partial charge in [-0.15, -0.1) is 0 Å². The molecule has 0 aromatic heterocycles. The van der Waals surface area contributed by atoms with Crippen LogP contribution in [-0.2, 0) is 0 Å². The second kappa shape index (κ2) is 5.53. The van der Waals surface area contributed by atoms with Crippen LogP contribution in [0.15, 0.2) is 18.2 Å². The van der Waals surface area contributed by atoms with E-state index in [0.717, 1.165) is 0 Å². The van der Waals surface area contributed by atoms with Crippen molar-refractivity contribution >= 4 is 17.7 Å². The summed E-state index contributed by atoms with van der Waals surface area (Å²) in [5.74, 6) is -0.0871. The van der Waals surface area contributed by atoms with Gasteiger partial charge in [-0.05, 0) is 30.4 Å². The van der Waals surface area contributed by atoms with Crippen LogP contribution >= 0.6 is 0 Å². The molecule has 1 fully saturated rings. The average Bonchev–Trinajstić information content (AvgIpc) is 2.69. The van der Waals surface area contributed by atoms with Crippen molar-refractivity contribution in [3.8, 4) is 0 Å². The maximum absolute atomic E-state index is 12.2. The lowest BCUT2D eigenvalue weighted by molar-refractivity contribution is 0.0697. The summed E-state index contributed by atoms with van der Waals surface area (Å²) in [5.41, 5.74) is 1.15. The van der Waals surface area contributed by atoms with Gasteiger partial charge in [-0.2, -0.15) is 0 Å². The third-order valence-electron chi connectivity index (χ3n) is 4.00. The van der Waals surface area contributed by atoms with E-state index in [2.05, 4.69) is 19.2 Å². The van der Waals surface area contributed by atoms with Gasteiger partial charge in [0, 0.05) is 13.1 Å². The molecule has 2 rings (SSSR count). The summed E-state index contributed by atoms with van der Waals surface area (Å²) in [7, 11) is 0. The van der Waals surface area contributed by atoms with Crippen molar-refractivity contribution in [2.24, 2.45) is 11.8 Å². The van der Waals surface area contributed by atoms with E-state index < -0.39 is 5.97 Å². The zero-order chi connectivity index (χ0) is 14.9. The van der Waals surface area contributed by atoms with E-state index in [0.29, 0.717) is 36.2 Å². The first kappa shape index (κ1) is 14.4. The van der Waals surface area contributed by atoms with E-state index in [-0.39, 0.29) is 11.6 Å². The molecule has 1 heterocycles. The minimum Gasteiger partial charge on any atom is -0.478 e. The maximum atomic E-state index is 12.2. The predicted octanol–water partition coefficient (Wildman–Crippen LogP) is 2.81. The monoisotopic (exact) mass is 276 g/mol. The molecule has 2 unspecified atom stereocenters. The summed E-state index contributed by atoms with van der Waals surface area (Å²) < 4.78 is 0. The first-order valence-corrected chi connectivity index (χ1v) is 6.79. The Morgan fingerprint density at radius 3 is 2.40 bits per heavy atom. The molecule has 1 aromatic carbocycles. The fourth-order valence-corrected chi connectivity index (χ4v) is 2.55. The Bertz CT molecular complexity index is 532. The summed E-state index contributed by atoms with van der Waals surface area (Å²) in [5, 5.41) is 12.0. The number of carbonyl (C=O) groups excluding carboxylic acids is 1. The van der Waals surface area contributed by atoms with Crippen molar-refractivity contribution in [2.75, 3.05) is 18.4 Å². The Kier molecular flexibility index (Phi) is 3.97. The Morgan fingerprint density at radius 2 is 1.85 bits per heavy atom. The van der Waals surface area contributed by atoms with Crippen molar-refractivity contribution in [1.29, 1.82) is 0 Å². The normalized spacial score (nSPS) is 21.9. The molecule has 0 saturated carbocycles. The SMILES string of the molecule is Cc1cccc(NC(=O)N2CC(C)C(C)C2)c1C(=O)O. The number of nitrogens with zero attached hydrogens (tertiary/aromatic N) is 1. The number of carboxylic acid groups (broad SMARTS) is 1. The number of nitrogens with one attached hydrogen (secondary N) is 1. The molecule has 2 atom stereocenters. The Balaban J connectivity index is 2.17. The first-order chi connectivity index (χ1) is 9.40. The van der Waals surface area contributed by atoms with Crippen LogP contribution in [0.1, 0.15) is 29.8 Å². The number of hydrogen-bond acceptors (Lipinski definition) is 2. The number of amides is 2. The second-order valence-corrected chi connectivity index (χ2v) is 5.59. The number of rotatable bonds is 2. The van der Waals surface area contributed by atoms with Gasteiger partial charge in [0.2, 0.25) is 0 Å². The van der Waals surface area contributed by atoms with Crippen LogP contribution < -0.4 is 5.32 Å². The molecule has 0 spiro atoms. The van der Waals surface area contributed by atoms with E-state index in [4.69, 9.17) is 0 Å². The van der Waals surface area contributed by atoms with Crippen LogP contribution in [0.2, 0.25) is 0 Å². The summed E-state index contributed by atoms with van der Waals surface area (Å²) in [6.45, 7) is 7.38. The minimum absolute atomic E-state index is 0.154. The number of carboxylic acids is 1. The van der Waals surface area contributed by atoms with Gasteiger partial charge in [-0.25, -0.2) is 9.59 Å². The van der Waals surface area contributed by atoms with E-state index in [9.17, 15) is 14.7 Å². The van der Waals surface area contributed by atoms with E-state index in [1.807, 2.05) is 0 Å². The van der Waals surface area contributed by atoms with Gasteiger partial charge in [-0.1, -0.05) is 26.0 Å². The lowest BCUT2D eigenvalue weighted by Gasteiger charge is -2.18. The van der Waals surface area contributed by atoms with Gasteiger partial charge in [0.1, 0.15) is 0 Å². The van der Waals surface area contributed by atoms with Crippen molar-refractivity contribution in [1.82, 2.24) is 4.90 Å². The standard InChI is InChI=1S/C15H20N2O3/c1-9-5-4-6-12(13(9)14(18)19)16-15(20)17-7-10(2)11(3)8-17/h4-6,10-11H,7-8H2,1-3H3,(H,16,20)(H,18,19). The first-order valence-electron chi connectivity index (χ1n) is 6.79. The van der Waals surface area contributed by atoms with Gasteiger partial charge in [-0.3, -0.25) is 0 Å². The molecule has 5 heteroatoms. The molecule has 0 bridgehead atoms. The molecule has 2 amide bonds. The summed E-state index contributed by atoms with van der Waals surface area (Å²) in [6, 6.07) is 4.86. The molecule has 0 radical (unpaired) electrons. The molecule has 1 aliphatic rings. The smallest absolute Gasteiger partial charge is 0.338 e. The Labute approximate surface area is 118 Å². The lowest BCUT2D eigenvalue weighted by Crippen LogP contribution is -2.33. The van der Waals surface area contributed by atoms with Crippen molar-refractivity contribution in [3.05, 3.63) is 29.3 Å². The van der Waals surface area contributed by atoms with Crippen molar-refractivity contribution < 1.29 is 14.7 Å². The summed E-state index contributed by atoms with van der Waals surface area (Å²) >= 11 is 0. The van der Waals surface area contributed by atoms with Gasteiger partial charge in [0.15, 0.2) is 0 Å². The third kappa shape index (κ3) is 2.76. The molecule has 0 aliphatic carbocycles. The number of urea groups is 1. The zero-order valence-electron chi connectivity index (χ0n) is 12.0. The van der Waals surface area contributed by atoms with Crippen LogP contribution in [0.3, 0.4) is 0 Å². The number of benzene rings is 1. The highest BCUT2D eigenvalue weighted by Gasteiger charge is 2.29. The zero-order valence-corrected chi connectivity index (χ0v) is 12.0. The highest BCUT2D eigenvalue weighted by Crippen LogP contribution is 2.24. The van der Waals surface area contributed by atoms with Crippen LogP contribution in [-0.4, -0.2) is 35.1 Å². The quantitative estimate of drug-likeness (QED) is 0.872. The van der Waals surface area contributed by atoms with Crippen LogP contribution in [0, 0.1) is 18.8 Å². The number of aromatic carboxylic acids is 1. The topological polar surface area (TPSA) is 69.6 Å². The molecule has 2 N–H and O–H groups in total. The fourth-order valence-electron chi connectivity index (χ4n) is 2.55. The van der Waals surface area contributed by atoms with Gasteiger partial charge >= 0.3 is 12.0 Å². The summed E-state index contributed by atoms with van der Waals surface area (Å²) in [6.07, 6.45) is 0. The number of likely N-dealkylation sites (tertiary alicyclic amines) is 1. The van der Waals surface area contributed by atoms with E-state index in [1.54, 1.807) is 30.0 Å². The maximum Gasteiger partial charge on any atom is 0.338 e. The van der Waals surface area contributed by atoms with E-state index >= 15 is 0 Å². The molecule has 1 saturated heterocycles. The van der Waals surface area contributed by atoms with Crippen LogP contribution in [0.4, 0.5) is 10.5 Å². The minimum atomic E-state index is -1.03. The highest BCUT2D eigenvalue weighted by molar-refractivity contribution is 6.01. The Morgan fingerprint density at radius 1 is 1.25 bits per heavy atom. The van der Waals surface area contributed by atoms with Gasteiger partial charge < -0.3 is 15.3 Å². The second-order valence-electron chi connectivity index (χ2n) is 5.59. The van der Waals surface area contributed by atoms with E-state index in [1.165, 1.54) is 0 Å². The third-order valence-corrected chi connectivity index (χ3v) is 4.00. The van der Waals surface area contributed by atoms with Gasteiger partial charge in [0.05, 0.1) is 11.3 Å². The molecular formula is C15H20N2O3. The number of hydrogen-bond donors (Lipinski definition) is 2. The largest absolute Gasteiger partial charge is 0.478 e. The van der Waals surface area contributed by atoms with Crippen molar-refractivity contribution in [3.63, 3.8) is 0 Å². The molecular weight excluding hydrogens is 256 g/mol. The van der Waals surface area contributed by atoms with Gasteiger partial charge in [0.25, 0.3) is 0 Å². The number of aryl methyl sites for hydroxylation is 1. The average molecular weight is 276 g/mol. The molecule has 108 valence electrons. The van der Waals surface area contributed by atoms with Crippen molar-refractivity contribution in [2.45, 2.75) is 20.8 Å². The number of anilines is 1. The summed E-state index contributed by atoms with van der Waals surface area (Å²) in [4.78, 5) is 25.2. The predicted molar refractivity (Wildman–Crippen MR) is 77.1 cm³/mol. The molecule has 5 nitrogen and oxygen atoms in total. The Hall–Kier alpha value is -2.04. The van der Waals surface area contributed by atoms with Crippen LogP contribution in [0.25, 0.3) is 0 Å². The molecule has 1 aromatic rings. The molecule has 20 heavy (non-hydrogen) atoms.